The maximum absolute atomic E-state index is 12.9. The van der Waals surface area contributed by atoms with Gasteiger partial charge in [-0.2, -0.15) is 5.10 Å². The Morgan fingerprint density at radius 2 is 1.77 bits per heavy atom. The molecule has 1 N–H and O–H groups in total. The summed E-state index contributed by atoms with van der Waals surface area (Å²) in [5.41, 5.74) is 0.144. The third-order valence-electron chi connectivity index (χ3n) is 6.19. The summed E-state index contributed by atoms with van der Waals surface area (Å²) in [6, 6.07) is 0.397. The van der Waals surface area contributed by atoms with Gasteiger partial charge in [-0.15, -0.1) is 0 Å². The molecule has 30 heavy (non-hydrogen) atoms. The minimum Gasteiger partial charge on any atom is -0.344 e. The van der Waals surface area contributed by atoms with Crippen LogP contribution in [0, 0.1) is 5.82 Å². The summed E-state index contributed by atoms with van der Waals surface area (Å²) in [4.78, 5) is 34.5. The van der Waals surface area contributed by atoms with E-state index >= 15 is 0 Å². The maximum Gasteiger partial charge on any atom is 0.289 e. The molecule has 0 aromatic carbocycles. The number of amides is 2. The highest BCUT2D eigenvalue weighted by Gasteiger charge is 2.34. The summed E-state index contributed by atoms with van der Waals surface area (Å²) in [5, 5.41) is 7.37. The predicted octanol–water partition coefficient (Wildman–Crippen LogP) is 2.74. The molecule has 2 aromatic rings. The van der Waals surface area contributed by atoms with E-state index < -0.39 is 17.3 Å². The van der Waals surface area contributed by atoms with E-state index in [1.165, 1.54) is 19.3 Å². The SMILES string of the molecule is CC1(NC(=O)c2ncc(F)cn2)CCN(C(=O)c2cnn(C3CCCCC3)c2)CC1. The Morgan fingerprint density at radius 1 is 1.10 bits per heavy atom. The van der Waals surface area contributed by atoms with Crippen molar-refractivity contribution in [3.05, 3.63) is 42.0 Å². The summed E-state index contributed by atoms with van der Waals surface area (Å²) in [6.07, 6.45) is 12.7. The molecule has 4 rings (SSSR count). The second-order valence-electron chi connectivity index (χ2n) is 8.53. The zero-order valence-corrected chi connectivity index (χ0v) is 17.2. The van der Waals surface area contributed by atoms with Crippen molar-refractivity contribution >= 4 is 11.8 Å². The van der Waals surface area contributed by atoms with E-state index in [0.29, 0.717) is 37.5 Å². The summed E-state index contributed by atoms with van der Waals surface area (Å²) >= 11 is 0. The second kappa shape index (κ2) is 8.49. The molecule has 0 unspecified atom stereocenters. The van der Waals surface area contributed by atoms with Gasteiger partial charge in [0.25, 0.3) is 11.8 Å². The number of hydrogen-bond donors (Lipinski definition) is 1. The number of nitrogens with zero attached hydrogens (tertiary/aromatic N) is 5. The minimum atomic E-state index is -0.587. The first kappa shape index (κ1) is 20.4. The fraction of sp³-hybridized carbons (Fsp3) is 0.571. The molecule has 8 nitrogen and oxygen atoms in total. The number of hydrogen-bond acceptors (Lipinski definition) is 5. The molecule has 0 radical (unpaired) electrons. The van der Waals surface area contributed by atoms with Crippen LogP contribution in [0.5, 0.6) is 0 Å². The van der Waals surface area contributed by atoms with Crippen molar-refractivity contribution in [3.63, 3.8) is 0 Å². The van der Waals surface area contributed by atoms with Gasteiger partial charge in [0, 0.05) is 24.8 Å². The van der Waals surface area contributed by atoms with Gasteiger partial charge in [-0.05, 0) is 32.6 Å². The first-order valence-electron chi connectivity index (χ1n) is 10.6. The summed E-state index contributed by atoms with van der Waals surface area (Å²) in [7, 11) is 0. The first-order chi connectivity index (χ1) is 14.4. The highest BCUT2D eigenvalue weighted by molar-refractivity contribution is 5.94. The number of rotatable bonds is 4. The number of halogens is 1. The lowest BCUT2D eigenvalue weighted by atomic mass is 9.89. The maximum atomic E-state index is 12.9. The molecular formula is C21H27FN6O2. The molecule has 1 saturated carbocycles. The van der Waals surface area contributed by atoms with Gasteiger partial charge in [-0.25, -0.2) is 14.4 Å². The number of aromatic nitrogens is 4. The van der Waals surface area contributed by atoms with Crippen LogP contribution >= 0.6 is 0 Å². The fourth-order valence-corrected chi connectivity index (χ4v) is 4.26. The molecule has 0 atom stereocenters. The van der Waals surface area contributed by atoms with Gasteiger partial charge in [-0.3, -0.25) is 14.3 Å². The largest absolute Gasteiger partial charge is 0.344 e. The molecule has 2 aromatic heterocycles. The highest BCUT2D eigenvalue weighted by atomic mass is 19.1. The van der Waals surface area contributed by atoms with Crippen LogP contribution in [0.3, 0.4) is 0 Å². The Balaban J connectivity index is 1.33. The predicted molar refractivity (Wildman–Crippen MR) is 107 cm³/mol. The summed E-state index contributed by atoms with van der Waals surface area (Å²) < 4.78 is 14.9. The number of carbonyl (C=O) groups excluding carboxylic acids is 2. The summed E-state index contributed by atoms with van der Waals surface area (Å²) in [6.45, 7) is 3.01. The number of likely N-dealkylation sites (tertiary alicyclic amines) is 1. The van der Waals surface area contributed by atoms with Crippen molar-refractivity contribution in [2.75, 3.05) is 13.1 Å². The van der Waals surface area contributed by atoms with Crippen molar-refractivity contribution in [2.45, 2.75) is 63.5 Å². The summed E-state index contributed by atoms with van der Waals surface area (Å²) in [5.74, 6) is -1.11. The van der Waals surface area contributed by atoms with E-state index in [4.69, 9.17) is 0 Å². The first-order valence-corrected chi connectivity index (χ1v) is 10.6. The van der Waals surface area contributed by atoms with Crippen LogP contribution in [0.2, 0.25) is 0 Å². The topological polar surface area (TPSA) is 93.0 Å². The van der Waals surface area contributed by atoms with Crippen molar-refractivity contribution in [3.8, 4) is 0 Å². The zero-order chi connectivity index (χ0) is 21.1. The third kappa shape index (κ3) is 4.49. The van der Waals surface area contributed by atoms with Crippen LogP contribution in [0.4, 0.5) is 4.39 Å². The van der Waals surface area contributed by atoms with Crippen molar-refractivity contribution in [1.29, 1.82) is 0 Å². The van der Waals surface area contributed by atoms with E-state index in [9.17, 15) is 14.0 Å². The highest BCUT2D eigenvalue weighted by Crippen LogP contribution is 2.28. The van der Waals surface area contributed by atoms with E-state index in [-0.39, 0.29) is 11.7 Å². The molecule has 1 aliphatic heterocycles. The van der Waals surface area contributed by atoms with Gasteiger partial charge in [0.15, 0.2) is 5.82 Å². The van der Waals surface area contributed by atoms with Gasteiger partial charge >= 0.3 is 0 Å². The molecule has 9 heteroatoms. The second-order valence-corrected chi connectivity index (χ2v) is 8.53. The molecule has 2 amide bonds. The van der Waals surface area contributed by atoms with Gasteiger partial charge in [-0.1, -0.05) is 19.3 Å². The van der Waals surface area contributed by atoms with E-state index in [0.717, 1.165) is 25.2 Å². The Bertz CT molecular complexity index is 898. The van der Waals surface area contributed by atoms with Gasteiger partial charge in [0.1, 0.15) is 0 Å². The van der Waals surface area contributed by atoms with Crippen molar-refractivity contribution in [2.24, 2.45) is 0 Å². The molecule has 1 saturated heterocycles. The van der Waals surface area contributed by atoms with Crippen molar-refractivity contribution < 1.29 is 14.0 Å². The standard InChI is InChI=1S/C21H27FN6O2/c1-21(26-19(29)18-23-12-16(22)13-24-18)7-9-27(10-8-21)20(30)15-11-25-28(14-15)17-5-3-2-4-6-17/h11-14,17H,2-10H2,1H3,(H,26,29). The number of piperidine rings is 1. The van der Waals surface area contributed by atoms with Gasteiger partial charge in [0.05, 0.1) is 30.2 Å². The molecule has 160 valence electrons. The molecule has 0 spiro atoms. The Morgan fingerprint density at radius 3 is 2.43 bits per heavy atom. The normalized spacial score (nSPS) is 19.5. The fourth-order valence-electron chi connectivity index (χ4n) is 4.26. The quantitative estimate of drug-likeness (QED) is 0.830. The third-order valence-corrected chi connectivity index (χ3v) is 6.19. The van der Waals surface area contributed by atoms with Crippen LogP contribution in [0.25, 0.3) is 0 Å². The molecule has 2 fully saturated rings. The lowest BCUT2D eigenvalue weighted by Gasteiger charge is -2.39. The van der Waals surface area contributed by atoms with Crippen LogP contribution in [0.15, 0.2) is 24.8 Å². The lowest BCUT2D eigenvalue weighted by molar-refractivity contribution is 0.0635. The van der Waals surface area contributed by atoms with Crippen molar-refractivity contribution in [1.82, 2.24) is 30.0 Å². The Hall–Kier alpha value is -2.84. The van der Waals surface area contributed by atoms with Crippen LogP contribution in [0.1, 0.15) is 78.9 Å². The molecule has 1 aliphatic carbocycles. The Labute approximate surface area is 174 Å². The zero-order valence-electron chi connectivity index (χ0n) is 17.2. The van der Waals surface area contributed by atoms with Crippen LogP contribution in [-0.4, -0.2) is 55.1 Å². The lowest BCUT2D eigenvalue weighted by Crippen LogP contribution is -2.54. The van der Waals surface area contributed by atoms with E-state index in [1.807, 2.05) is 22.7 Å². The van der Waals surface area contributed by atoms with E-state index in [2.05, 4.69) is 20.4 Å². The molecule has 3 heterocycles. The Kier molecular flexibility index (Phi) is 5.78. The monoisotopic (exact) mass is 414 g/mol. The molecule has 0 bridgehead atoms. The van der Waals surface area contributed by atoms with Gasteiger partial charge < -0.3 is 10.2 Å². The number of carbonyl (C=O) groups is 2. The minimum absolute atomic E-state index is 0.0210. The number of nitrogens with one attached hydrogen (secondary N) is 1. The van der Waals surface area contributed by atoms with Crippen LogP contribution < -0.4 is 5.32 Å². The molecule has 2 aliphatic rings. The molecular weight excluding hydrogens is 387 g/mol. The van der Waals surface area contributed by atoms with Gasteiger partial charge in [0.2, 0.25) is 5.82 Å². The van der Waals surface area contributed by atoms with Crippen LogP contribution in [-0.2, 0) is 0 Å². The average Bonchev–Trinajstić information content (AvgIpc) is 3.25. The van der Waals surface area contributed by atoms with E-state index in [1.54, 1.807) is 6.20 Å². The smallest absolute Gasteiger partial charge is 0.289 e. The average molecular weight is 414 g/mol.